The van der Waals surface area contributed by atoms with Gasteiger partial charge in [0.1, 0.15) is 0 Å². The SMILES string of the molecule is COc1c(F)cccc1N1CC(Cl)CC1=O. The molecule has 1 unspecified atom stereocenters. The third kappa shape index (κ3) is 1.85. The van der Waals surface area contributed by atoms with Crippen molar-refractivity contribution in [1.82, 2.24) is 0 Å². The number of halogens is 2. The summed E-state index contributed by atoms with van der Waals surface area (Å²) < 4.78 is 18.4. The van der Waals surface area contributed by atoms with Gasteiger partial charge in [-0.15, -0.1) is 11.6 Å². The summed E-state index contributed by atoms with van der Waals surface area (Å²) in [6, 6.07) is 4.48. The Kier molecular flexibility index (Phi) is 3.01. The molecule has 1 aromatic rings. The van der Waals surface area contributed by atoms with Crippen LogP contribution in [0.2, 0.25) is 0 Å². The van der Waals surface area contributed by atoms with Crippen molar-refractivity contribution in [2.75, 3.05) is 18.6 Å². The number of carbonyl (C=O) groups is 1. The molecule has 3 nitrogen and oxygen atoms in total. The number of ether oxygens (including phenoxy) is 1. The van der Waals surface area contributed by atoms with Gasteiger partial charge in [0.15, 0.2) is 11.6 Å². The van der Waals surface area contributed by atoms with Gasteiger partial charge in [0.2, 0.25) is 5.91 Å². The summed E-state index contributed by atoms with van der Waals surface area (Å²) in [7, 11) is 1.38. The third-order valence-electron chi connectivity index (χ3n) is 2.52. The maximum absolute atomic E-state index is 13.4. The van der Waals surface area contributed by atoms with Gasteiger partial charge in [-0.1, -0.05) is 6.07 Å². The van der Waals surface area contributed by atoms with E-state index in [2.05, 4.69) is 0 Å². The molecule has 0 bridgehead atoms. The summed E-state index contributed by atoms with van der Waals surface area (Å²) in [5.41, 5.74) is 0.440. The van der Waals surface area contributed by atoms with Crippen LogP contribution < -0.4 is 9.64 Å². The topological polar surface area (TPSA) is 29.5 Å². The van der Waals surface area contributed by atoms with Crippen LogP contribution in [0.1, 0.15) is 6.42 Å². The van der Waals surface area contributed by atoms with Gasteiger partial charge in [0.25, 0.3) is 0 Å². The lowest BCUT2D eigenvalue weighted by atomic mass is 10.2. The summed E-state index contributed by atoms with van der Waals surface area (Å²) in [5.74, 6) is -0.503. The van der Waals surface area contributed by atoms with Crippen LogP contribution in [0.15, 0.2) is 18.2 Å². The average molecular weight is 244 g/mol. The molecule has 1 aliphatic rings. The lowest BCUT2D eigenvalue weighted by Gasteiger charge is -2.19. The summed E-state index contributed by atoms with van der Waals surface area (Å²) in [6.07, 6.45) is 0.279. The zero-order valence-electron chi connectivity index (χ0n) is 8.74. The molecule has 0 N–H and O–H groups in total. The first kappa shape index (κ1) is 11.2. The standard InChI is InChI=1S/C11H11ClFNO2/c1-16-11-8(13)3-2-4-9(11)14-6-7(12)5-10(14)15/h2-4,7H,5-6H2,1H3. The van der Waals surface area contributed by atoms with Crippen molar-refractivity contribution in [1.29, 1.82) is 0 Å². The second kappa shape index (κ2) is 4.29. The quantitative estimate of drug-likeness (QED) is 0.745. The Morgan fingerprint density at radius 1 is 1.56 bits per heavy atom. The van der Waals surface area contributed by atoms with Gasteiger partial charge in [-0.25, -0.2) is 4.39 Å². The highest BCUT2D eigenvalue weighted by Crippen LogP contribution is 2.34. The van der Waals surface area contributed by atoms with E-state index in [0.29, 0.717) is 12.2 Å². The number of anilines is 1. The van der Waals surface area contributed by atoms with Crippen molar-refractivity contribution in [3.8, 4) is 5.75 Å². The second-order valence-electron chi connectivity index (χ2n) is 3.60. The average Bonchev–Trinajstić information content (AvgIpc) is 2.57. The molecule has 1 aliphatic heterocycles. The molecule has 16 heavy (non-hydrogen) atoms. The number of benzene rings is 1. The molecule has 0 spiro atoms. The molecule has 1 atom stereocenters. The van der Waals surface area contributed by atoms with Crippen LogP contribution >= 0.6 is 11.6 Å². The minimum atomic E-state index is -0.481. The first-order valence-electron chi connectivity index (χ1n) is 4.90. The number of alkyl halides is 1. The van der Waals surface area contributed by atoms with Crippen molar-refractivity contribution >= 4 is 23.2 Å². The number of nitrogens with zero attached hydrogens (tertiary/aromatic N) is 1. The highest BCUT2D eigenvalue weighted by molar-refractivity contribution is 6.24. The van der Waals surface area contributed by atoms with Gasteiger partial charge in [0, 0.05) is 13.0 Å². The Hall–Kier alpha value is -1.29. The van der Waals surface area contributed by atoms with Gasteiger partial charge < -0.3 is 9.64 Å². The Labute approximate surface area is 97.8 Å². The van der Waals surface area contributed by atoms with E-state index >= 15 is 0 Å². The lowest BCUT2D eigenvalue weighted by Crippen LogP contribution is -2.25. The Balaban J connectivity index is 2.40. The van der Waals surface area contributed by atoms with E-state index in [1.54, 1.807) is 12.1 Å². The first-order chi connectivity index (χ1) is 7.63. The molecule has 0 aliphatic carbocycles. The number of amides is 1. The Morgan fingerprint density at radius 2 is 2.31 bits per heavy atom. The van der Waals surface area contributed by atoms with Gasteiger partial charge in [-0.3, -0.25) is 4.79 Å². The monoisotopic (exact) mass is 243 g/mol. The fourth-order valence-corrected chi connectivity index (χ4v) is 2.08. The van der Waals surface area contributed by atoms with Crippen molar-refractivity contribution in [3.63, 3.8) is 0 Å². The highest BCUT2D eigenvalue weighted by atomic mass is 35.5. The van der Waals surface area contributed by atoms with Crippen LogP contribution in [-0.4, -0.2) is 24.9 Å². The van der Waals surface area contributed by atoms with Crippen LogP contribution in [-0.2, 0) is 4.79 Å². The number of hydrogen-bond donors (Lipinski definition) is 0. The van der Waals surface area contributed by atoms with E-state index < -0.39 is 5.82 Å². The fourth-order valence-electron chi connectivity index (χ4n) is 1.81. The Bertz CT molecular complexity index is 424. The third-order valence-corrected chi connectivity index (χ3v) is 2.81. The maximum atomic E-state index is 13.4. The molecule has 0 aromatic heterocycles. The number of hydrogen-bond acceptors (Lipinski definition) is 2. The van der Waals surface area contributed by atoms with Gasteiger partial charge in [0.05, 0.1) is 18.2 Å². The van der Waals surface area contributed by atoms with Gasteiger partial charge >= 0.3 is 0 Å². The van der Waals surface area contributed by atoms with Crippen molar-refractivity contribution in [2.24, 2.45) is 0 Å². The minimum Gasteiger partial charge on any atom is -0.492 e. The van der Waals surface area contributed by atoms with Crippen molar-refractivity contribution in [2.45, 2.75) is 11.8 Å². The van der Waals surface area contributed by atoms with Gasteiger partial charge in [-0.2, -0.15) is 0 Å². The highest BCUT2D eigenvalue weighted by Gasteiger charge is 2.31. The molecule has 1 saturated heterocycles. The molecule has 86 valence electrons. The molecule has 0 saturated carbocycles. The zero-order valence-corrected chi connectivity index (χ0v) is 9.50. The molecular formula is C11H11ClFNO2. The predicted molar refractivity (Wildman–Crippen MR) is 59.6 cm³/mol. The number of rotatable bonds is 2. The maximum Gasteiger partial charge on any atom is 0.228 e. The van der Waals surface area contributed by atoms with E-state index in [9.17, 15) is 9.18 Å². The predicted octanol–water partition coefficient (Wildman–Crippen LogP) is 2.18. The summed E-state index contributed by atoms with van der Waals surface area (Å²) in [6.45, 7) is 0.389. The van der Waals surface area contributed by atoms with Crippen molar-refractivity contribution in [3.05, 3.63) is 24.0 Å². The lowest BCUT2D eigenvalue weighted by molar-refractivity contribution is -0.117. The van der Waals surface area contributed by atoms with Crippen LogP contribution in [0, 0.1) is 5.82 Å². The normalized spacial score (nSPS) is 20.3. The number of carbonyl (C=O) groups excluding carboxylic acids is 1. The smallest absolute Gasteiger partial charge is 0.228 e. The van der Waals surface area contributed by atoms with Crippen LogP contribution in [0.25, 0.3) is 0 Å². The van der Waals surface area contributed by atoms with E-state index in [0.717, 1.165) is 0 Å². The molecule has 1 amide bonds. The molecule has 5 heteroatoms. The molecular weight excluding hydrogens is 233 g/mol. The summed E-state index contributed by atoms with van der Waals surface area (Å²) in [5, 5.41) is -0.222. The van der Waals surface area contributed by atoms with E-state index in [-0.39, 0.29) is 23.5 Å². The van der Waals surface area contributed by atoms with E-state index in [4.69, 9.17) is 16.3 Å². The summed E-state index contributed by atoms with van der Waals surface area (Å²) in [4.78, 5) is 13.1. The summed E-state index contributed by atoms with van der Waals surface area (Å²) >= 11 is 5.89. The second-order valence-corrected chi connectivity index (χ2v) is 4.22. The number of methoxy groups -OCH3 is 1. The Morgan fingerprint density at radius 3 is 2.88 bits per heavy atom. The molecule has 1 heterocycles. The number of para-hydroxylation sites is 1. The van der Waals surface area contributed by atoms with Crippen LogP contribution in [0.4, 0.5) is 10.1 Å². The molecule has 0 radical (unpaired) electrons. The van der Waals surface area contributed by atoms with Crippen molar-refractivity contribution < 1.29 is 13.9 Å². The van der Waals surface area contributed by atoms with Gasteiger partial charge in [-0.05, 0) is 12.1 Å². The van der Waals surface area contributed by atoms with Crippen LogP contribution in [0.5, 0.6) is 5.75 Å². The van der Waals surface area contributed by atoms with E-state index in [1.165, 1.54) is 18.1 Å². The molecule has 1 aromatic carbocycles. The van der Waals surface area contributed by atoms with E-state index in [1.807, 2.05) is 0 Å². The zero-order chi connectivity index (χ0) is 11.7. The van der Waals surface area contributed by atoms with Crippen LogP contribution in [0.3, 0.4) is 0 Å². The fraction of sp³-hybridized carbons (Fsp3) is 0.364. The molecule has 1 fully saturated rings. The minimum absolute atomic E-state index is 0.0848. The first-order valence-corrected chi connectivity index (χ1v) is 5.34. The molecule has 2 rings (SSSR count). The largest absolute Gasteiger partial charge is 0.492 e.